The molecular weight excluding hydrogens is 199 g/mol. The molecule has 12 heavy (non-hydrogen) atoms. The predicted molar refractivity (Wildman–Crippen MR) is 48.2 cm³/mol. The molecule has 1 heterocycles. The van der Waals surface area contributed by atoms with Gasteiger partial charge in [0.1, 0.15) is 0 Å². The van der Waals surface area contributed by atoms with Gasteiger partial charge in [-0.2, -0.15) is 0 Å². The summed E-state index contributed by atoms with van der Waals surface area (Å²) in [5.41, 5.74) is 0. The van der Waals surface area contributed by atoms with E-state index >= 15 is 0 Å². The van der Waals surface area contributed by atoms with Crippen LogP contribution in [0.4, 0.5) is 0 Å². The molecule has 2 N–H and O–H groups in total. The van der Waals surface area contributed by atoms with Gasteiger partial charge in [-0.25, -0.2) is 0 Å². The summed E-state index contributed by atoms with van der Waals surface area (Å²) in [4.78, 5) is 17.5. The first-order chi connectivity index (χ1) is 5.47. The molecule has 0 aromatic rings. The average Bonchev–Trinajstić information content (AvgIpc) is 2.30. The summed E-state index contributed by atoms with van der Waals surface area (Å²) >= 11 is 4.29. The van der Waals surface area contributed by atoms with Gasteiger partial charge in [0.15, 0.2) is 0 Å². The molecule has 1 fully saturated rings. The second kappa shape index (κ2) is 4.13. The van der Waals surface area contributed by atoms with Crippen molar-refractivity contribution in [1.29, 1.82) is 0 Å². The Morgan fingerprint density at radius 2 is 2.25 bits per heavy atom. The Morgan fingerprint density at radius 3 is 2.67 bits per heavy atom. The van der Waals surface area contributed by atoms with Crippen LogP contribution >= 0.6 is 6.72 Å². The topological polar surface area (TPSA) is 58.9 Å². The zero-order valence-electron chi connectivity index (χ0n) is 6.84. The summed E-state index contributed by atoms with van der Waals surface area (Å²) in [5, 5.41) is 0. The lowest BCUT2D eigenvalue weighted by Gasteiger charge is -2.13. The Kier molecular flexibility index (Phi) is 3.64. The van der Waals surface area contributed by atoms with Gasteiger partial charge >= 0.3 is 6.72 Å². The van der Waals surface area contributed by atoms with Crippen LogP contribution in [0.5, 0.6) is 0 Å². The van der Waals surface area contributed by atoms with Crippen LogP contribution in [0.15, 0.2) is 0 Å². The third kappa shape index (κ3) is 3.94. The Labute approximate surface area is 76.8 Å². The maximum atomic E-state index is 8.75. The van der Waals surface area contributed by atoms with Crippen molar-refractivity contribution in [3.8, 4) is 0 Å². The molecule has 0 saturated carbocycles. The smallest absolute Gasteiger partial charge is 0.321 e. The third-order valence-corrected chi connectivity index (χ3v) is 2.55. The van der Waals surface area contributed by atoms with E-state index in [1.807, 2.05) is 6.92 Å². The van der Waals surface area contributed by atoms with Gasteiger partial charge in [0.25, 0.3) is 0 Å². The van der Waals surface area contributed by atoms with Crippen LogP contribution in [0.1, 0.15) is 19.8 Å². The minimum Gasteiger partial charge on any atom is -0.373 e. The highest BCUT2D eigenvalue weighted by Gasteiger charge is 2.23. The molecule has 0 spiro atoms. The van der Waals surface area contributed by atoms with Crippen molar-refractivity contribution in [3.63, 3.8) is 0 Å². The van der Waals surface area contributed by atoms with Gasteiger partial charge in [0.05, 0.1) is 18.8 Å². The molecule has 0 unspecified atom stereocenters. The fourth-order valence-corrected chi connectivity index (χ4v) is 1.73. The molecule has 0 bridgehead atoms. The highest BCUT2D eigenvalue weighted by molar-refractivity contribution is 8.06. The molecule has 1 rings (SSSR count). The van der Waals surface area contributed by atoms with E-state index in [1.54, 1.807) is 0 Å². The van der Waals surface area contributed by atoms with Gasteiger partial charge in [-0.1, -0.05) is 0 Å². The van der Waals surface area contributed by atoms with Gasteiger partial charge in [-0.3, -0.25) is 0 Å². The summed E-state index contributed by atoms with van der Waals surface area (Å²) in [5.74, 6) is 0. The molecule has 6 heteroatoms. The molecule has 0 aliphatic carbocycles. The fourth-order valence-electron chi connectivity index (χ4n) is 1.19. The van der Waals surface area contributed by atoms with Crippen molar-refractivity contribution >= 4 is 18.5 Å². The minimum absolute atomic E-state index is 0.0263. The van der Waals surface area contributed by atoms with E-state index in [-0.39, 0.29) is 18.8 Å². The summed E-state index contributed by atoms with van der Waals surface area (Å²) in [6, 6.07) is 0. The Hall–Kier alpha value is 0.490. The van der Waals surface area contributed by atoms with E-state index in [0.29, 0.717) is 0 Å². The Bertz CT molecular complexity index is 192. The molecule has 0 radical (unpaired) electrons. The standard InChI is InChI=1S/C6H13O4PS/c1-5-2-3-6(10-5)4-9-11(7,8)12/h5-6H,2-4H2,1H3,(H2,7,8,12)/t5-,6-/m0/s1. The second-order valence-electron chi connectivity index (χ2n) is 2.93. The second-order valence-corrected chi connectivity index (χ2v) is 5.60. The van der Waals surface area contributed by atoms with Gasteiger partial charge in [-0.05, 0) is 31.6 Å². The summed E-state index contributed by atoms with van der Waals surface area (Å²) in [6.45, 7) is -1.32. The van der Waals surface area contributed by atoms with Crippen LogP contribution < -0.4 is 0 Å². The number of hydrogen-bond donors (Lipinski definition) is 2. The molecule has 0 aromatic carbocycles. The maximum absolute atomic E-state index is 8.75. The minimum atomic E-state index is -3.48. The molecule has 72 valence electrons. The van der Waals surface area contributed by atoms with Crippen LogP contribution in [-0.2, 0) is 21.1 Å². The van der Waals surface area contributed by atoms with E-state index in [0.717, 1.165) is 12.8 Å². The lowest BCUT2D eigenvalue weighted by molar-refractivity contribution is 0.0231. The third-order valence-electron chi connectivity index (χ3n) is 1.75. The normalized spacial score (nSPS) is 30.9. The van der Waals surface area contributed by atoms with Crippen LogP contribution in [-0.4, -0.2) is 28.6 Å². The van der Waals surface area contributed by atoms with Crippen molar-refractivity contribution in [2.24, 2.45) is 0 Å². The lowest BCUT2D eigenvalue weighted by Crippen LogP contribution is -2.14. The molecule has 1 aliphatic heterocycles. The fraction of sp³-hybridized carbons (Fsp3) is 1.00. The number of rotatable bonds is 3. The molecular formula is C6H13O4PS. The van der Waals surface area contributed by atoms with Gasteiger partial charge < -0.3 is 19.0 Å². The zero-order valence-corrected chi connectivity index (χ0v) is 8.55. The van der Waals surface area contributed by atoms with Crippen molar-refractivity contribution < 1.29 is 19.0 Å². The molecule has 2 atom stereocenters. The highest BCUT2D eigenvalue weighted by atomic mass is 32.5. The van der Waals surface area contributed by atoms with Crippen LogP contribution in [0.25, 0.3) is 0 Å². The molecule has 4 nitrogen and oxygen atoms in total. The van der Waals surface area contributed by atoms with E-state index < -0.39 is 6.72 Å². The van der Waals surface area contributed by atoms with Gasteiger partial charge in [-0.15, -0.1) is 0 Å². The Morgan fingerprint density at radius 1 is 1.58 bits per heavy atom. The SMILES string of the molecule is C[C@H]1CC[C@@H](COP(O)(O)=S)O1. The quantitative estimate of drug-likeness (QED) is 0.677. The molecule has 1 aliphatic rings. The first-order valence-corrected chi connectivity index (χ1v) is 6.45. The van der Waals surface area contributed by atoms with Crippen molar-refractivity contribution in [2.45, 2.75) is 32.0 Å². The van der Waals surface area contributed by atoms with Crippen molar-refractivity contribution in [1.82, 2.24) is 0 Å². The first-order valence-electron chi connectivity index (χ1n) is 3.83. The van der Waals surface area contributed by atoms with E-state index in [1.165, 1.54) is 0 Å². The summed E-state index contributed by atoms with van der Waals surface area (Å²) < 4.78 is 10.1. The lowest BCUT2D eigenvalue weighted by atomic mass is 10.2. The number of hydrogen-bond acceptors (Lipinski definition) is 3. The van der Waals surface area contributed by atoms with E-state index in [2.05, 4.69) is 16.3 Å². The van der Waals surface area contributed by atoms with Crippen LogP contribution in [0.2, 0.25) is 0 Å². The first kappa shape index (κ1) is 10.6. The monoisotopic (exact) mass is 212 g/mol. The zero-order chi connectivity index (χ0) is 9.19. The highest BCUT2D eigenvalue weighted by Crippen LogP contribution is 2.37. The maximum Gasteiger partial charge on any atom is 0.321 e. The van der Waals surface area contributed by atoms with Gasteiger partial charge in [0.2, 0.25) is 0 Å². The molecule has 1 saturated heterocycles. The van der Waals surface area contributed by atoms with Crippen molar-refractivity contribution in [2.75, 3.05) is 6.61 Å². The van der Waals surface area contributed by atoms with E-state index in [9.17, 15) is 0 Å². The average molecular weight is 212 g/mol. The largest absolute Gasteiger partial charge is 0.373 e. The van der Waals surface area contributed by atoms with Crippen LogP contribution in [0.3, 0.4) is 0 Å². The Balaban J connectivity index is 2.21. The molecule has 0 amide bonds. The van der Waals surface area contributed by atoms with E-state index in [4.69, 9.17) is 14.5 Å². The van der Waals surface area contributed by atoms with Crippen molar-refractivity contribution in [3.05, 3.63) is 0 Å². The summed E-state index contributed by atoms with van der Waals surface area (Å²) in [6.07, 6.45) is 2.11. The molecule has 0 aromatic heterocycles. The summed E-state index contributed by atoms with van der Waals surface area (Å²) in [7, 11) is 0. The number of ether oxygens (including phenoxy) is 1. The predicted octanol–water partition coefficient (Wildman–Crippen LogP) is 0.780. The van der Waals surface area contributed by atoms with Crippen LogP contribution in [0, 0.1) is 0 Å². The van der Waals surface area contributed by atoms with Gasteiger partial charge in [0, 0.05) is 0 Å².